The van der Waals surface area contributed by atoms with Gasteiger partial charge in [0, 0.05) is 4.47 Å². The van der Waals surface area contributed by atoms with E-state index in [9.17, 15) is 0 Å². The van der Waals surface area contributed by atoms with Crippen LogP contribution < -0.4 is 5.32 Å². The van der Waals surface area contributed by atoms with E-state index < -0.39 is 0 Å². The molecule has 0 aliphatic rings. The second kappa shape index (κ2) is 6.55. The van der Waals surface area contributed by atoms with Crippen molar-refractivity contribution in [3.8, 4) is 0 Å². The van der Waals surface area contributed by atoms with Gasteiger partial charge in [-0.25, -0.2) is 0 Å². The lowest BCUT2D eigenvalue weighted by Gasteiger charge is -2.23. The van der Waals surface area contributed by atoms with Crippen LogP contribution in [0.4, 0.5) is 0 Å². The van der Waals surface area contributed by atoms with Crippen LogP contribution in [0.5, 0.6) is 0 Å². The van der Waals surface area contributed by atoms with Crippen molar-refractivity contribution in [2.24, 2.45) is 0 Å². The molecule has 0 aliphatic heterocycles. The first-order valence-corrected chi connectivity index (χ1v) is 7.89. The molecule has 0 fully saturated rings. The molecule has 2 aromatic rings. The summed E-state index contributed by atoms with van der Waals surface area (Å²) in [4.78, 5) is 0. The molecule has 20 heavy (non-hydrogen) atoms. The fourth-order valence-corrected chi connectivity index (χ4v) is 3.12. The molecule has 2 aromatic carbocycles. The van der Waals surface area contributed by atoms with Gasteiger partial charge >= 0.3 is 0 Å². The van der Waals surface area contributed by atoms with E-state index in [0.717, 1.165) is 11.0 Å². The highest BCUT2D eigenvalue weighted by atomic mass is 79.9. The maximum atomic E-state index is 3.63. The van der Waals surface area contributed by atoms with E-state index in [0.29, 0.717) is 0 Å². The molecule has 0 heterocycles. The number of halogens is 1. The number of hydrogen-bond acceptors (Lipinski definition) is 1. The van der Waals surface area contributed by atoms with Gasteiger partial charge < -0.3 is 5.32 Å². The molecule has 1 unspecified atom stereocenters. The van der Waals surface area contributed by atoms with Crippen LogP contribution in [-0.2, 0) is 0 Å². The Bertz CT molecular complexity index is 604. The summed E-state index contributed by atoms with van der Waals surface area (Å²) in [6, 6.07) is 13.3. The zero-order valence-corrected chi connectivity index (χ0v) is 14.2. The molecule has 0 aliphatic carbocycles. The van der Waals surface area contributed by atoms with Crippen molar-refractivity contribution >= 4 is 15.9 Å². The van der Waals surface area contributed by atoms with E-state index in [1.165, 1.54) is 27.8 Å². The molecule has 1 atom stereocenters. The molecule has 2 rings (SSSR count). The maximum absolute atomic E-state index is 3.63. The smallest absolute Gasteiger partial charge is 0.0581 e. The lowest BCUT2D eigenvalue weighted by atomic mass is 9.90. The SMILES string of the molecule is CCNC(c1ccc(Br)cc1C)c1cccc(C)c1C. The monoisotopic (exact) mass is 331 g/mol. The van der Waals surface area contributed by atoms with E-state index in [1.54, 1.807) is 0 Å². The highest BCUT2D eigenvalue weighted by molar-refractivity contribution is 9.10. The molecule has 0 radical (unpaired) electrons. The second-order valence-corrected chi connectivity index (χ2v) is 6.20. The number of hydrogen-bond donors (Lipinski definition) is 1. The Labute approximate surface area is 130 Å². The molecule has 2 heteroatoms. The summed E-state index contributed by atoms with van der Waals surface area (Å²) in [5.41, 5.74) is 6.76. The average molecular weight is 332 g/mol. The van der Waals surface area contributed by atoms with Crippen LogP contribution in [0.2, 0.25) is 0 Å². The first-order valence-electron chi connectivity index (χ1n) is 7.10. The molecule has 0 saturated carbocycles. The Morgan fingerprint density at radius 2 is 1.75 bits per heavy atom. The van der Waals surface area contributed by atoms with Crippen molar-refractivity contribution in [2.75, 3.05) is 6.54 Å². The van der Waals surface area contributed by atoms with E-state index >= 15 is 0 Å². The van der Waals surface area contributed by atoms with Crippen LogP contribution in [0, 0.1) is 20.8 Å². The van der Waals surface area contributed by atoms with Crippen LogP contribution in [0.1, 0.15) is 40.8 Å². The molecule has 0 aromatic heterocycles. The van der Waals surface area contributed by atoms with Gasteiger partial charge in [-0.15, -0.1) is 0 Å². The lowest BCUT2D eigenvalue weighted by Crippen LogP contribution is -2.23. The Morgan fingerprint density at radius 1 is 1.00 bits per heavy atom. The van der Waals surface area contributed by atoms with Gasteiger partial charge in [0.15, 0.2) is 0 Å². The summed E-state index contributed by atoms with van der Waals surface area (Å²) >= 11 is 3.55. The zero-order valence-electron chi connectivity index (χ0n) is 12.6. The quantitative estimate of drug-likeness (QED) is 0.824. The fourth-order valence-electron chi connectivity index (χ4n) is 2.64. The molecule has 0 bridgehead atoms. The molecule has 0 saturated heterocycles. The van der Waals surface area contributed by atoms with Crippen LogP contribution in [0.3, 0.4) is 0 Å². The standard InChI is InChI=1S/C18H22BrN/c1-5-20-18(16-10-9-15(19)11-13(16)3)17-8-6-7-12(2)14(17)4/h6-11,18,20H,5H2,1-4H3. The predicted molar refractivity (Wildman–Crippen MR) is 90.3 cm³/mol. The molecule has 1 nitrogen and oxygen atoms in total. The topological polar surface area (TPSA) is 12.0 Å². The minimum atomic E-state index is 0.257. The minimum Gasteiger partial charge on any atom is -0.307 e. The van der Waals surface area contributed by atoms with Gasteiger partial charge in [-0.3, -0.25) is 0 Å². The largest absolute Gasteiger partial charge is 0.307 e. The van der Waals surface area contributed by atoms with E-state index in [1.807, 2.05) is 0 Å². The number of benzene rings is 2. The highest BCUT2D eigenvalue weighted by Crippen LogP contribution is 2.29. The predicted octanol–water partition coefficient (Wildman–Crippen LogP) is 5.07. The minimum absolute atomic E-state index is 0.257. The third kappa shape index (κ3) is 3.13. The van der Waals surface area contributed by atoms with Crippen molar-refractivity contribution in [3.05, 3.63) is 68.7 Å². The highest BCUT2D eigenvalue weighted by Gasteiger charge is 2.17. The summed E-state index contributed by atoms with van der Waals surface area (Å²) in [6.45, 7) is 9.68. The summed E-state index contributed by atoms with van der Waals surface area (Å²) < 4.78 is 1.13. The third-order valence-corrected chi connectivity index (χ3v) is 4.40. The molecular formula is C18H22BrN. The van der Waals surface area contributed by atoms with E-state index in [-0.39, 0.29) is 6.04 Å². The Morgan fingerprint density at radius 3 is 2.40 bits per heavy atom. The maximum Gasteiger partial charge on any atom is 0.0581 e. The molecule has 1 N–H and O–H groups in total. The summed E-state index contributed by atoms with van der Waals surface area (Å²) in [6.07, 6.45) is 0. The van der Waals surface area contributed by atoms with Crippen LogP contribution in [0.25, 0.3) is 0 Å². The van der Waals surface area contributed by atoms with Crippen LogP contribution in [-0.4, -0.2) is 6.54 Å². The van der Waals surface area contributed by atoms with Gasteiger partial charge in [0.1, 0.15) is 0 Å². The molecule has 0 spiro atoms. The zero-order chi connectivity index (χ0) is 14.7. The van der Waals surface area contributed by atoms with E-state index in [4.69, 9.17) is 0 Å². The van der Waals surface area contributed by atoms with Gasteiger partial charge in [-0.1, -0.05) is 47.1 Å². The number of rotatable bonds is 4. The molecular weight excluding hydrogens is 310 g/mol. The van der Waals surface area contributed by atoms with E-state index in [2.05, 4.69) is 85.3 Å². The average Bonchev–Trinajstić information content (AvgIpc) is 2.40. The first kappa shape index (κ1) is 15.3. The Balaban J connectivity index is 2.53. The van der Waals surface area contributed by atoms with Crippen molar-refractivity contribution in [1.82, 2.24) is 5.32 Å². The Hall–Kier alpha value is -1.12. The third-order valence-electron chi connectivity index (χ3n) is 3.91. The molecule has 106 valence electrons. The summed E-state index contributed by atoms with van der Waals surface area (Å²) in [5.74, 6) is 0. The van der Waals surface area contributed by atoms with Crippen molar-refractivity contribution in [3.63, 3.8) is 0 Å². The van der Waals surface area contributed by atoms with Gasteiger partial charge in [-0.2, -0.15) is 0 Å². The fraction of sp³-hybridized carbons (Fsp3) is 0.333. The number of aryl methyl sites for hydroxylation is 2. The second-order valence-electron chi connectivity index (χ2n) is 5.28. The number of nitrogens with one attached hydrogen (secondary N) is 1. The molecule has 0 amide bonds. The van der Waals surface area contributed by atoms with Crippen molar-refractivity contribution < 1.29 is 0 Å². The van der Waals surface area contributed by atoms with Crippen molar-refractivity contribution in [2.45, 2.75) is 33.7 Å². The normalized spacial score (nSPS) is 12.4. The summed E-state index contributed by atoms with van der Waals surface area (Å²) in [7, 11) is 0. The first-order chi connectivity index (χ1) is 9.54. The lowest BCUT2D eigenvalue weighted by molar-refractivity contribution is 0.624. The summed E-state index contributed by atoms with van der Waals surface area (Å²) in [5, 5.41) is 3.63. The van der Waals surface area contributed by atoms with Gasteiger partial charge in [0.05, 0.1) is 6.04 Å². The van der Waals surface area contributed by atoms with Crippen LogP contribution >= 0.6 is 15.9 Å². The van der Waals surface area contributed by atoms with Gasteiger partial charge in [0.25, 0.3) is 0 Å². The van der Waals surface area contributed by atoms with Crippen LogP contribution in [0.15, 0.2) is 40.9 Å². The van der Waals surface area contributed by atoms with Gasteiger partial charge in [-0.05, 0) is 67.3 Å². The van der Waals surface area contributed by atoms with Crippen molar-refractivity contribution in [1.29, 1.82) is 0 Å². The Kier molecular flexibility index (Phi) is 5.00. The van der Waals surface area contributed by atoms with Gasteiger partial charge in [0.2, 0.25) is 0 Å².